The summed E-state index contributed by atoms with van der Waals surface area (Å²) in [5.41, 5.74) is 2.77. The third-order valence-electron chi connectivity index (χ3n) is 7.17. The van der Waals surface area contributed by atoms with E-state index in [1.807, 2.05) is 64.9 Å². The standard InChI is InChI=1S/C31H36N2O5S/c1-2-3-6-23-9-12-25(13-10-23)31(35)33(19-26-7-4-15-36-26)21-30(34)32(20-27-8-5-16-39-27)18-24-11-14-28-29(17-24)38-22-37-28/h5,8-14,16-17,26H,2-4,6-7,15,18-22H2,1H3. The van der Waals surface area contributed by atoms with Crippen LogP contribution in [0.4, 0.5) is 0 Å². The Morgan fingerprint density at radius 2 is 1.79 bits per heavy atom. The van der Waals surface area contributed by atoms with Crippen LogP contribution in [0.2, 0.25) is 0 Å². The zero-order valence-electron chi connectivity index (χ0n) is 22.5. The first-order valence-corrected chi connectivity index (χ1v) is 14.7. The normalized spacial score (nSPS) is 15.9. The molecule has 2 aromatic carbocycles. The number of aryl methyl sites for hydroxylation is 1. The molecule has 2 aliphatic heterocycles. The predicted octanol–water partition coefficient (Wildman–Crippen LogP) is 5.67. The van der Waals surface area contributed by atoms with E-state index in [1.165, 1.54) is 5.56 Å². The Kier molecular flexibility index (Phi) is 9.16. The molecule has 5 rings (SSSR count). The smallest absolute Gasteiger partial charge is 0.254 e. The molecule has 0 N–H and O–H groups in total. The Morgan fingerprint density at radius 1 is 0.974 bits per heavy atom. The van der Waals surface area contributed by atoms with Crippen LogP contribution in [0.1, 0.15) is 59.0 Å². The van der Waals surface area contributed by atoms with Gasteiger partial charge < -0.3 is 24.0 Å². The van der Waals surface area contributed by atoms with Gasteiger partial charge in [-0.2, -0.15) is 0 Å². The molecule has 2 amide bonds. The number of fused-ring (bicyclic) bond motifs is 1. The fourth-order valence-electron chi connectivity index (χ4n) is 4.98. The van der Waals surface area contributed by atoms with Crippen LogP contribution >= 0.6 is 11.3 Å². The maximum Gasteiger partial charge on any atom is 0.254 e. The summed E-state index contributed by atoms with van der Waals surface area (Å²) in [6, 6.07) is 17.6. The van der Waals surface area contributed by atoms with Crippen molar-refractivity contribution in [2.24, 2.45) is 0 Å². The molecule has 0 bridgehead atoms. The molecule has 2 aliphatic rings. The third kappa shape index (κ3) is 7.19. The number of ether oxygens (including phenoxy) is 3. The number of benzene rings is 2. The van der Waals surface area contributed by atoms with Gasteiger partial charge in [-0.15, -0.1) is 11.3 Å². The van der Waals surface area contributed by atoms with Crippen molar-refractivity contribution in [3.63, 3.8) is 0 Å². The van der Waals surface area contributed by atoms with Gasteiger partial charge in [0, 0.05) is 30.1 Å². The van der Waals surface area contributed by atoms with E-state index in [0.717, 1.165) is 42.5 Å². The van der Waals surface area contributed by atoms with E-state index >= 15 is 0 Å². The highest BCUT2D eigenvalue weighted by Gasteiger charge is 2.28. The minimum atomic E-state index is -0.139. The molecule has 3 heterocycles. The van der Waals surface area contributed by atoms with Crippen LogP contribution in [-0.4, -0.2) is 54.2 Å². The van der Waals surface area contributed by atoms with Crippen molar-refractivity contribution in [2.45, 2.75) is 58.2 Å². The number of rotatable bonds is 12. The van der Waals surface area contributed by atoms with Crippen molar-refractivity contribution in [3.05, 3.63) is 81.5 Å². The number of carbonyl (C=O) groups is 2. The van der Waals surface area contributed by atoms with Gasteiger partial charge in [0.25, 0.3) is 5.91 Å². The summed E-state index contributed by atoms with van der Waals surface area (Å²) in [4.78, 5) is 32.1. The number of unbranched alkanes of at least 4 members (excludes halogenated alkanes) is 1. The number of carbonyl (C=O) groups excluding carboxylic acids is 2. The molecule has 1 saturated heterocycles. The molecule has 3 aromatic rings. The quantitative estimate of drug-likeness (QED) is 0.292. The molecule has 1 atom stereocenters. The summed E-state index contributed by atoms with van der Waals surface area (Å²) >= 11 is 1.62. The van der Waals surface area contributed by atoms with Crippen LogP contribution in [0.5, 0.6) is 11.5 Å². The van der Waals surface area contributed by atoms with Gasteiger partial charge in [0.15, 0.2) is 11.5 Å². The van der Waals surface area contributed by atoms with E-state index in [1.54, 1.807) is 16.2 Å². The molecular formula is C31H36N2O5S. The number of thiophene rings is 1. The van der Waals surface area contributed by atoms with E-state index in [9.17, 15) is 9.59 Å². The number of amides is 2. The van der Waals surface area contributed by atoms with Crippen LogP contribution < -0.4 is 9.47 Å². The molecular weight excluding hydrogens is 512 g/mol. The monoisotopic (exact) mass is 548 g/mol. The summed E-state index contributed by atoms with van der Waals surface area (Å²) in [6.07, 6.45) is 5.07. The van der Waals surface area contributed by atoms with Gasteiger partial charge in [-0.05, 0) is 72.5 Å². The summed E-state index contributed by atoms with van der Waals surface area (Å²) in [5, 5.41) is 2.01. The van der Waals surface area contributed by atoms with Crippen molar-refractivity contribution in [1.82, 2.24) is 9.80 Å². The van der Waals surface area contributed by atoms with Crippen LogP contribution in [-0.2, 0) is 29.0 Å². The fourth-order valence-corrected chi connectivity index (χ4v) is 5.70. The van der Waals surface area contributed by atoms with Crippen molar-refractivity contribution in [1.29, 1.82) is 0 Å². The number of nitrogens with zero attached hydrogens (tertiary/aromatic N) is 2. The van der Waals surface area contributed by atoms with Crippen molar-refractivity contribution >= 4 is 23.2 Å². The van der Waals surface area contributed by atoms with Crippen molar-refractivity contribution in [3.8, 4) is 11.5 Å². The summed E-state index contributed by atoms with van der Waals surface area (Å²) in [7, 11) is 0. The lowest BCUT2D eigenvalue weighted by atomic mass is 10.1. The van der Waals surface area contributed by atoms with Crippen molar-refractivity contribution < 1.29 is 23.8 Å². The minimum absolute atomic E-state index is 0.00773. The van der Waals surface area contributed by atoms with Gasteiger partial charge in [-0.25, -0.2) is 0 Å². The number of hydrogen-bond acceptors (Lipinski definition) is 6. The fraction of sp³-hybridized carbons (Fsp3) is 0.419. The Bertz CT molecular complexity index is 1240. The molecule has 1 fully saturated rings. The Balaban J connectivity index is 1.34. The molecule has 8 heteroatoms. The molecule has 0 saturated carbocycles. The zero-order chi connectivity index (χ0) is 27.0. The summed E-state index contributed by atoms with van der Waals surface area (Å²) < 4.78 is 16.8. The maximum absolute atomic E-state index is 13.8. The van der Waals surface area contributed by atoms with Crippen LogP contribution in [0.3, 0.4) is 0 Å². The lowest BCUT2D eigenvalue weighted by Crippen LogP contribution is -2.45. The van der Waals surface area contributed by atoms with Gasteiger partial charge in [0.2, 0.25) is 12.7 Å². The van der Waals surface area contributed by atoms with Crippen molar-refractivity contribution in [2.75, 3.05) is 26.5 Å². The average molecular weight is 549 g/mol. The lowest BCUT2D eigenvalue weighted by molar-refractivity contribution is -0.133. The highest BCUT2D eigenvalue weighted by molar-refractivity contribution is 7.09. The Hall–Kier alpha value is -3.36. The Labute approximate surface area is 234 Å². The molecule has 7 nitrogen and oxygen atoms in total. The van der Waals surface area contributed by atoms with E-state index in [4.69, 9.17) is 14.2 Å². The molecule has 206 valence electrons. The second kappa shape index (κ2) is 13.1. The zero-order valence-corrected chi connectivity index (χ0v) is 23.3. The SMILES string of the molecule is CCCCc1ccc(C(=O)N(CC(=O)N(Cc2ccc3c(c2)OCO3)Cc2cccs2)CC2CCCO2)cc1. The predicted molar refractivity (Wildman–Crippen MR) is 151 cm³/mol. The first kappa shape index (κ1) is 27.2. The third-order valence-corrected chi connectivity index (χ3v) is 8.03. The number of hydrogen-bond donors (Lipinski definition) is 0. The average Bonchev–Trinajstić information content (AvgIpc) is 3.74. The van der Waals surface area contributed by atoms with Gasteiger partial charge in [0.1, 0.15) is 6.54 Å². The van der Waals surface area contributed by atoms with E-state index in [0.29, 0.717) is 43.3 Å². The van der Waals surface area contributed by atoms with Crippen LogP contribution in [0.25, 0.3) is 0 Å². The van der Waals surface area contributed by atoms with E-state index in [-0.39, 0.29) is 31.3 Å². The van der Waals surface area contributed by atoms with Gasteiger partial charge in [-0.1, -0.05) is 37.6 Å². The molecule has 39 heavy (non-hydrogen) atoms. The highest BCUT2D eigenvalue weighted by Crippen LogP contribution is 2.33. The van der Waals surface area contributed by atoms with Gasteiger partial charge >= 0.3 is 0 Å². The summed E-state index contributed by atoms with van der Waals surface area (Å²) in [6.45, 7) is 4.34. The lowest BCUT2D eigenvalue weighted by Gasteiger charge is -2.29. The first-order valence-electron chi connectivity index (χ1n) is 13.8. The molecule has 0 radical (unpaired) electrons. The highest BCUT2D eigenvalue weighted by atomic mass is 32.1. The molecule has 0 aliphatic carbocycles. The van der Waals surface area contributed by atoms with E-state index in [2.05, 4.69) is 6.92 Å². The van der Waals surface area contributed by atoms with E-state index < -0.39 is 0 Å². The van der Waals surface area contributed by atoms with Crippen LogP contribution in [0.15, 0.2) is 60.0 Å². The second-order valence-corrected chi connectivity index (χ2v) is 11.2. The Morgan fingerprint density at radius 3 is 2.54 bits per heavy atom. The minimum Gasteiger partial charge on any atom is -0.454 e. The second-order valence-electron chi connectivity index (χ2n) is 10.1. The van der Waals surface area contributed by atoms with Gasteiger partial charge in [0.05, 0.1) is 12.6 Å². The molecule has 0 spiro atoms. The first-order chi connectivity index (χ1) is 19.1. The molecule has 1 aromatic heterocycles. The molecule has 1 unspecified atom stereocenters. The van der Waals surface area contributed by atoms with Crippen LogP contribution in [0, 0.1) is 0 Å². The largest absolute Gasteiger partial charge is 0.454 e. The maximum atomic E-state index is 13.8. The topological polar surface area (TPSA) is 68.3 Å². The summed E-state index contributed by atoms with van der Waals surface area (Å²) in [5.74, 6) is 1.16. The van der Waals surface area contributed by atoms with Gasteiger partial charge in [-0.3, -0.25) is 9.59 Å².